The van der Waals surface area contributed by atoms with Crippen molar-refractivity contribution in [3.05, 3.63) is 34.9 Å². The second-order valence-electron chi connectivity index (χ2n) is 7.34. The minimum absolute atomic E-state index is 0.0600. The number of halogens is 4. The van der Waals surface area contributed by atoms with Crippen LogP contribution in [0.2, 0.25) is 5.02 Å². The maximum atomic E-state index is 12.7. The van der Waals surface area contributed by atoms with Crippen LogP contribution in [0.25, 0.3) is 0 Å². The van der Waals surface area contributed by atoms with Crippen molar-refractivity contribution in [2.24, 2.45) is 5.92 Å². The first-order valence-corrected chi connectivity index (χ1v) is 10.2. The largest absolute Gasteiger partial charge is 0.523 e. The maximum absolute atomic E-state index is 12.7. The number of hydrogen-bond acceptors (Lipinski definition) is 5. The molecule has 0 spiro atoms. The molecule has 27 heavy (non-hydrogen) atoms. The molecular weight excluding hydrogens is 409 g/mol. The van der Waals surface area contributed by atoms with E-state index in [9.17, 15) is 21.6 Å². The molecule has 0 amide bonds. The number of hydrogen-bond donors (Lipinski definition) is 0. The molecule has 1 saturated carbocycles. The summed E-state index contributed by atoms with van der Waals surface area (Å²) in [7, 11) is -5.73. The van der Waals surface area contributed by atoms with Crippen LogP contribution < -0.4 is 0 Å². The molecule has 0 aromatic heterocycles. The van der Waals surface area contributed by atoms with E-state index < -0.39 is 39.7 Å². The van der Waals surface area contributed by atoms with Crippen molar-refractivity contribution < 1.29 is 35.2 Å². The van der Waals surface area contributed by atoms with E-state index in [1.807, 2.05) is 19.1 Å². The first-order valence-electron chi connectivity index (χ1n) is 8.41. The van der Waals surface area contributed by atoms with E-state index in [1.165, 1.54) is 0 Å². The third-order valence-corrected chi connectivity index (χ3v) is 6.35. The summed E-state index contributed by atoms with van der Waals surface area (Å²) < 4.78 is 77.3. The van der Waals surface area contributed by atoms with Gasteiger partial charge in [0.15, 0.2) is 5.79 Å². The molecule has 2 fully saturated rings. The lowest BCUT2D eigenvalue weighted by molar-refractivity contribution is -0.166. The van der Waals surface area contributed by atoms with E-state index >= 15 is 0 Å². The average molecular weight is 429 g/mol. The van der Waals surface area contributed by atoms with Gasteiger partial charge in [0.25, 0.3) is 0 Å². The zero-order valence-corrected chi connectivity index (χ0v) is 16.4. The molecule has 0 radical (unpaired) electrons. The molecule has 1 heterocycles. The molecule has 0 N–H and O–H groups in total. The third kappa shape index (κ3) is 4.12. The van der Waals surface area contributed by atoms with Crippen molar-refractivity contribution in [2.75, 3.05) is 0 Å². The molecule has 1 aromatic rings. The maximum Gasteiger partial charge on any atom is 0.523 e. The SMILES string of the molecule is CC(c1ccc(Cl)cc1)[C@H]1C[C@H](OS(=O)(=O)C(F)(F)F)[C@@H]2OC(C)(C)O[C@@H]21. The van der Waals surface area contributed by atoms with Gasteiger partial charge in [-0.05, 0) is 49.8 Å². The van der Waals surface area contributed by atoms with Gasteiger partial charge in [-0.25, -0.2) is 0 Å². The van der Waals surface area contributed by atoms with Gasteiger partial charge in [-0.2, -0.15) is 21.6 Å². The number of alkyl halides is 3. The number of ether oxygens (including phenoxy) is 2. The van der Waals surface area contributed by atoms with Crippen molar-refractivity contribution in [3.8, 4) is 0 Å². The predicted molar refractivity (Wildman–Crippen MR) is 91.6 cm³/mol. The van der Waals surface area contributed by atoms with Gasteiger partial charge in [-0.3, -0.25) is 4.18 Å². The number of benzene rings is 1. The summed E-state index contributed by atoms with van der Waals surface area (Å²) in [6.45, 7) is 5.16. The minimum atomic E-state index is -5.73. The van der Waals surface area contributed by atoms with Crippen molar-refractivity contribution in [2.45, 2.75) is 62.7 Å². The highest BCUT2D eigenvalue weighted by Crippen LogP contribution is 2.48. The van der Waals surface area contributed by atoms with E-state index in [2.05, 4.69) is 4.18 Å². The summed E-state index contributed by atoms with van der Waals surface area (Å²) in [4.78, 5) is 0. The Morgan fingerprint density at radius 3 is 2.30 bits per heavy atom. The predicted octanol–water partition coefficient (Wildman–Crippen LogP) is 4.22. The average Bonchev–Trinajstić information content (AvgIpc) is 3.00. The molecule has 152 valence electrons. The van der Waals surface area contributed by atoms with Crippen LogP contribution >= 0.6 is 11.6 Å². The zero-order valence-electron chi connectivity index (χ0n) is 14.9. The van der Waals surface area contributed by atoms with Gasteiger partial charge in [0, 0.05) is 5.02 Å². The normalized spacial score (nSPS) is 31.7. The lowest BCUT2D eigenvalue weighted by Gasteiger charge is -2.27. The Morgan fingerprint density at radius 2 is 1.74 bits per heavy atom. The molecule has 1 saturated heterocycles. The monoisotopic (exact) mass is 428 g/mol. The Hall–Kier alpha value is -0.870. The van der Waals surface area contributed by atoms with Gasteiger partial charge < -0.3 is 9.47 Å². The Labute approximate surface area is 160 Å². The van der Waals surface area contributed by atoms with Crippen molar-refractivity contribution in [1.29, 1.82) is 0 Å². The van der Waals surface area contributed by atoms with E-state index in [1.54, 1.807) is 26.0 Å². The van der Waals surface area contributed by atoms with Crippen molar-refractivity contribution in [1.82, 2.24) is 0 Å². The molecule has 3 rings (SSSR count). The topological polar surface area (TPSA) is 61.8 Å². The van der Waals surface area contributed by atoms with Crippen LogP contribution in [0.3, 0.4) is 0 Å². The minimum Gasteiger partial charge on any atom is -0.344 e. The second kappa shape index (κ2) is 6.88. The molecule has 5 nitrogen and oxygen atoms in total. The molecule has 1 unspecified atom stereocenters. The highest BCUT2D eigenvalue weighted by atomic mass is 35.5. The summed E-state index contributed by atoms with van der Waals surface area (Å²) in [5.41, 5.74) is -4.58. The van der Waals surface area contributed by atoms with Crippen LogP contribution in [-0.4, -0.2) is 38.0 Å². The smallest absolute Gasteiger partial charge is 0.344 e. The third-order valence-electron chi connectivity index (χ3n) is 5.03. The Bertz CT molecular complexity index is 794. The second-order valence-corrected chi connectivity index (χ2v) is 9.34. The van der Waals surface area contributed by atoms with Crippen LogP contribution in [0.4, 0.5) is 13.2 Å². The summed E-state index contributed by atoms with van der Waals surface area (Å²) in [5.74, 6) is -1.46. The van der Waals surface area contributed by atoms with Gasteiger partial charge in [-0.1, -0.05) is 30.7 Å². The highest BCUT2D eigenvalue weighted by molar-refractivity contribution is 7.87. The quantitative estimate of drug-likeness (QED) is 0.531. The van der Waals surface area contributed by atoms with Gasteiger partial charge in [0.2, 0.25) is 0 Å². The fourth-order valence-electron chi connectivity index (χ4n) is 3.79. The lowest BCUT2D eigenvalue weighted by Crippen LogP contribution is -2.36. The number of rotatable bonds is 4. The Balaban J connectivity index is 1.87. The van der Waals surface area contributed by atoms with E-state index in [4.69, 9.17) is 21.1 Å². The molecule has 1 aliphatic heterocycles. The standard InChI is InChI=1S/C17H20ClF3O5S/c1-9(10-4-6-11(18)7-5-10)12-8-13(26-27(22,23)17(19,20)21)15-14(12)24-16(2,3)25-15/h4-7,9,12-15H,8H2,1-3H3/t9?,12-,13+,14-,15+/m1/s1. The Morgan fingerprint density at radius 1 is 1.19 bits per heavy atom. The van der Waals surface area contributed by atoms with Crippen LogP contribution in [0.5, 0.6) is 0 Å². The van der Waals surface area contributed by atoms with Crippen LogP contribution in [0.15, 0.2) is 24.3 Å². The number of fused-ring (bicyclic) bond motifs is 1. The molecular formula is C17H20ClF3O5S. The van der Waals surface area contributed by atoms with E-state index in [-0.39, 0.29) is 18.3 Å². The van der Waals surface area contributed by atoms with Crippen LogP contribution in [-0.2, 0) is 23.8 Å². The molecule has 10 heteroatoms. The summed E-state index contributed by atoms with van der Waals surface area (Å²) in [5, 5.41) is 0.564. The lowest BCUT2D eigenvalue weighted by atomic mass is 9.85. The molecule has 0 bridgehead atoms. The first-order chi connectivity index (χ1) is 12.3. The molecule has 5 atom stereocenters. The fraction of sp³-hybridized carbons (Fsp3) is 0.647. The van der Waals surface area contributed by atoms with Gasteiger partial charge >= 0.3 is 15.6 Å². The molecule has 2 aliphatic rings. The van der Waals surface area contributed by atoms with Crippen LogP contribution in [0.1, 0.15) is 38.7 Å². The summed E-state index contributed by atoms with van der Waals surface area (Å²) >= 11 is 5.90. The van der Waals surface area contributed by atoms with Crippen molar-refractivity contribution in [3.63, 3.8) is 0 Å². The van der Waals surface area contributed by atoms with E-state index in [0.29, 0.717) is 5.02 Å². The van der Waals surface area contributed by atoms with Gasteiger partial charge in [-0.15, -0.1) is 0 Å². The molecule has 1 aromatic carbocycles. The van der Waals surface area contributed by atoms with Gasteiger partial charge in [0.05, 0.1) is 6.10 Å². The van der Waals surface area contributed by atoms with Crippen molar-refractivity contribution >= 4 is 21.7 Å². The summed E-state index contributed by atoms with van der Waals surface area (Å²) in [6, 6.07) is 7.09. The fourth-order valence-corrected chi connectivity index (χ4v) is 4.53. The zero-order chi connectivity index (χ0) is 20.2. The highest BCUT2D eigenvalue weighted by Gasteiger charge is 2.59. The first kappa shape index (κ1) is 20.9. The Kier molecular flexibility index (Phi) is 5.31. The van der Waals surface area contributed by atoms with Gasteiger partial charge in [0.1, 0.15) is 12.2 Å². The molecule has 1 aliphatic carbocycles. The van der Waals surface area contributed by atoms with E-state index in [0.717, 1.165) is 5.56 Å². The van der Waals surface area contributed by atoms with Crippen LogP contribution in [0, 0.1) is 5.92 Å². The summed E-state index contributed by atoms with van der Waals surface area (Å²) in [6.07, 6.45) is -2.70.